The number of carboxylic acids is 1. The fourth-order valence-electron chi connectivity index (χ4n) is 3.66. The van der Waals surface area contributed by atoms with Gasteiger partial charge in [0.1, 0.15) is 23.5 Å². The first-order valence-corrected chi connectivity index (χ1v) is 10.6. The van der Waals surface area contributed by atoms with Crippen molar-refractivity contribution in [2.24, 2.45) is 5.92 Å². The number of aromatic carboxylic acids is 1. The average Bonchev–Trinajstić information content (AvgIpc) is 3.38. The maximum absolute atomic E-state index is 12.8. The third-order valence-electron chi connectivity index (χ3n) is 5.36. The zero-order valence-electron chi connectivity index (χ0n) is 17.5. The van der Waals surface area contributed by atoms with Crippen LogP contribution in [-0.2, 0) is 4.79 Å². The molecular formula is C20H17N7O5S. The van der Waals surface area contributed by atoms with E-state index in [9.17, 15) is 19.5 Å². The minimum Gasteiger partial charge on any atom is -0.477 e. The highest BCUT2D eigenvalue weighted by Gasteiger charge is 2.35. The summed E-state index contributed by atoms with van der Waals surface area (Å²) in [5.41, 5.74) is -0.140. The van der Waals surface area contributed by atoms with E-state index in [4.69, 9.17) is 4.42 Å². The molecule has 1 fully saturated rings. The second-order valence-corrected chi connectivity index (χ2v) is 8.39. The van der Waals surface area contributed by atoms with Crippen molar-refractivity contribution in [3.8, 4) is 5.13 Å². The second kappa shape index (κ2) is 7.78. The Morgan fingerprint density at radius 2 is 2.06 bits per heavy atom. The Morgan fingerprint density at radius 3 is 2.70 bits per heavy atom. The van der Waals surface area contributed by atoms with Gasteiger partial charge in [0.25, 0.3) is 0 Å². The van der Waals surface area contributed by atoms with Crippen molar-refractivity contribution in [1.29, 1.82) is 0 Å². The number of fused-ring (bicyclic) bond motifs is 1. The largest absolute Gasteiger partial charge is 0.477 e. The van der Waals surface area contributed by atoms with Gasteiger partial charge in [-0.2, -0.15) is 4.37 Å². The lowest BCUT2D eigenvalue weighted by molar-refractivity contribution is -0.120. The van der Waals surface area contributed by atoms with E-state index in [0.717, 1.165) is 11.5 Å². The number of carboxylic acid groups (broad SMARTS) is 1. The highest BCUT2D eigenvalue weighted by molar-refractivity contribution is 7.08. The molecule has 5 heterocycles. The van der Waals surface area contributed by atoms with Gasteiger partial charge < -0.3 is 14.4 Å². The number of carbonyl (C=O) groups is 2. The Kier molecular flexibility index (Phi) is 4.89. The summed E-state index contributed by atoms with van der Waals surface area (Å²) < 4.78 is 10.7. The number of carbonyl (C=O) groups excluding carboxylic acids is 1. The van der Waals surface area contributed by atoms with Gasteiger partial charge in [0, 0.05) is 30.8 Å². The van der Waals surface area contributed by atoms with Gasteiger partial charge in [0.05, 0.1) is 17.5 Å². The molecule has 12 nitrogen and oxygen atoms in total. The molecule has 0 aliphatic carbocycles. The topological polar surface area (TPSA) is 156 Å². The monoisotopic (exact) mass is 467 g/mol. The van der Waals surface area contributed by atoms with Crippen molar-refractivity contribution in [1.82, 2.24) is 23.9 Å². The first-order chi connectivity index (χ1) is 15.8. The van der Waals surface area contributed by atoms with E-state index in [0.29, 0.717) is 35.4 Å². The smallest absolute Gasteiger partial charge is 0.341 e. The zero-order chi connectivity index (χ0) is 23.3. The molecule has 0 aromatic carbocycles. The van der Waals surface area contributed by atoms with Crippen LogP contribution in [0.1, 0.15) is 21.7 Å². The number of oxazole rings is 1. The van der Waals surface area contributed by atoms with Crippen molar-refractivity contribution >= 4 is 46.3 Å². The van der Waals surface area contributed by atoms with Gasteiger partial charge >= 0.3 is 12.0 Å². The molecule has 1 aliphatic heterocycles. The molecule has 4 aromatic rings. The van der Waals surface area contributed by atoms with Crippen LogP contribution in [0, 0.1) is 19.8 Å². The van der Waals surface area contributed by atoms with Crippen LogP contribution in [0.4, 0.5) is 11.8 Å². The van der Waals surface area contributed by atoms with Crippen LogP contribution in [-0.4, -0.2) is 54.0 Å². The molecule has 168 valence electrons. The number of nitrogens with one attached hydrogen (secondary N) is 1. The van der Waals surface area contributed by atoms with E-state index in [1.165, 1.54) is 23.3 Å². The highest BCUT2D eigenvalue weighted by atomic mass is 32.1. The minimum atomic E-state index is -1.33. The van der Waals surface area contributed by atoms with Crippen molar-refractivity contribution in [3.63, 3.8) is 0 Å². The third-order valence-corrected chi connectivity index (χ3v) is 6.02. The van der Waals surface area contributed by atoms with Crippen molar-refractivity contribution in [2.75, 3.05) is 23.3 Å². The van der Waals surface area contributed by atoms with E-state index in [1.807, 2.05) is 4.90 Å². The molecule has 1 amide bonds. The fraction of sp³-hybridized carbons (Fsp3) is 0.250. The summed E-state index contributed by atoms with van der Waals surface area (Å²) in [5, 5.41) is 12.7. The van der Waals surface area contributed by atoms with Gasteiger partial charge in [-0.3, -0.25) is 19.5 Å². The lowest BCUT2D eigenvalue weighted by Crippen LogP contribution is -2.52. The molecule has 0 unspecified atom stereocenters. The molecule has 4 aromatic heterocycles. The number of amides is 1. The Hall–Kier alpha value is -4.13. The van der Waals surface area contributed by atoms with E-state index in [2.05, 4.69) is 24.6 Å². The molecule has 33 heavy (non-hydrogen) atoms. The fourth-order valence-corrected chi connectivity index (χ4v) is 4.17. The molecular weight excluding hydrogens is 450 g/mol. The maximum Gasteiger partial charge on any atom is 0.341 e. The predicted octanol–water partition coefficient (Wildman–Crippen LogP) is 1.62. The maximum atomic E-state index is 12.8. The molecule has 13 heteroatoms. The first kappa shape index (κ1) is 20.8. The van der Waals surface area contributed by atoms with Gasteiger partial charge in [0.15, 0.2) is 5.65 Å². The summed E-state index contributed by atoms with van der Waals surface area (Å²) >= 11 is 1.05. The average molecular weight is 467 g/mol. The molecule has 5 rings (SSSR count). The Balaban J connectivity index is 1.48. The number of pyridine rings is 2. The van der Waals surface area contributed by atoms with Crippen LogP contribution in [0.5, 0.6) is 0 Å². The third kappa shape index (κ3) is 3.61. The molecule has 0 spiro atoms. The number of aromatic nitrogens is 5. The highest BCUT2D eigenvalue weighted by Crippen LogP contribution is 2.28. The van der Waals surface area contributed by atoms with Crippen molar-refractivity contribution in [3.05, 3.63) is 51.9 Å². The van der Waals surface area contributed by atoms with Crippen molar-refractivity contribution in [2.45, 2.75) is 13.8 Å². The van der Waals surface area contributed by atoms with Gasteiger partial charge in [0.2, 0.25) is 16.5 Å². The lowest BCUT2D eigenvalue weighted by Gasteiger charge is -2.39. The zero-order valence-corrected chi connectivity index (χ0v) is 18.3. The van der Waals surface area contributed by atoms with Crippen LogP contribution in [0.2, 0.25) is 0 Å². The van der Waals surface area contributed by atoms with Crippen molar-refractivity contribution < 1.29 is 19.1 Å². The Labute approximate surface area is 189 Å². The van der Waals surface area contributed by atoms with E-state index >= 15 is 0 Å². The van der Waals surface area contributed by atoms with Gasteiger partial charge in [-0.1, -0.05) is 0 Å². The Bertz CT molecular complexity index is 1450. The number of hydrogen-bond donors (Lipinski definition) is 2. The standard InChI is InChI=1S/C20H17N7O5S/c1-9-3-13(26-5-11(6-26)17(29)25-19-21-4-10(2)32-19)24-16-14(9)15(28)12(18(30)31)7-27(16)20-22-8-23-33-20/h3-4,7-8,11H,5-6H2,1-2H3,(H,30,31)(H,21,25,29). The Morgan fingerprint density at radius 1 is 1.27 bits per heavy atom. The molecule has 0 saturated carbocycles. The molecule has 1 saturated heterocycles. The SMILES string of the molecule is Cc1cnc(NC(=O)C2CN(c3cc(C)c4c(=O)c(C(=O)O)cn(-c5ncns5)c4n3)C2)o1. The summed E-state index contributed by atoms with van der Waals surface area (Å²) in [6, 6.07) is 1.87. The summed E-state index contributed by atoms with van der Waals surface area (Å²) in [6.07, 6.45) is 4.08. The summed E-state index contributed by atoms with van der Waals surface area (Å²) in [7, 11) is 0. The van der Waals surface area contributed by atoms with Gasteiger partial charge in [-0.25, -0.2) is 19.7 Å². The molecule has 2 N–H and O–H groups in total. The first-order valence-electron chi connectivity index (χ1n) is 9.87. The van der Waals surface area contributed by atoms with Crippen LogP contribution < -0.4 is 15.6 Å². The number of hydrogen-bond acceptors (Lipinski definition) is 10. The molecule has 0 radical (unpaired) electrons. The quantitative estimate of drug-likeness (QED) is 0.442. The normalized spacial score (nSPS) is 13.8. The number of rotatable bonds is 5. The molecule has 1 aliphatic rings. The molecule has 0 bridgehead atoms. The van der Waals surface area contributed by atoms with Crippen LogP contribution >= 0.6 is 11.5 Å². The summed E-state index contributed by atoms with van der Waals surface area (Å²) in [6.45, 7) is 4.29. The van der Waals surface area contributed by atoms with Crippen LogP contribution in [0.25, 0.3) is 16.2 Å². The summed E-state index contributed by atoms with van der Waals surface area (Å²) in [5.74, 6) is -0.653. The number of nitrogens with zero attached hydrogens (tertiary/aromatic N) is 6. The van der Waals surface area contributed by atoms with Crippen LogP contribution in [0.3, 0.4) is 0 Å². The number of anilines is 2. The lowest BCUT2D eigenvalue weighted by atomic mass is 9.99. The predicted molar refractivity (Wildman–Crippen MR) is 118 cm³/mol. The number of aryl methyl sites for hydroxylation is 2. The van der Waals surface area contributed by atoms with E-state index < -0.39 is 11.4 Å². The minimum absolute atomic E-state index is 0.158. The second-order valence-electron chi connectivity index (χ2n) is 7.63. The van der Waals surface area contributed by atoms with Gasteiger partial charge in [-0.15, -0.1) is 0 Å². The van der Waals surface area contributed by atoms with Gasteiger partial charge in [-0.05, 0) is 25.5 Å². The summed E-state index contributed by atoms with van der Waals surface area (Å²) in [4.78, 5) is 51.6. The van der Waals surface area contributed by atoms with E-state index in [1.54, 1.807) is 19.9 Å². The molecule has 0 atom stereocenters. The van der Waals surface area contributed by atoms with E-state index in [-0.39, 0.29) is 34.4 Å². The van der Waals surface area contributed by atoms with Crippen LogP contribution in [0.15, 0.2) is 34.0 Å².